The summed E-state index contributed by atoms with van der Waals surface area (Å²) in [5.74, 6) is 1.66. The first-order chi connectivity index (χ1) is 14.0. The van der Waals surface area contributed by atoms with Crippen LogP contribution in [0.2, 0.25) is 0 Å². The van der Waals surface area contributed by atoms with Crippen LogP contribution in [0.4, 0.5) is 11.5 Å². The number of rotatable bonds is 5. The van der Waals surface area contributed by atoms with E-state index in [1.54, 1.807) is 48.5 Å². The van der Waals surface area contributed by atoms with Gasteiger partial charge in [-0.2, -0.15) is 0 Å². The fourth-order valence-electron chi connectivity index (χ4n) is 3.44. The number of sulfonamides is 1. The normalized spacial score (nSPS) is 15.3. The van der Waals surface area contributed by atoms with Crippen LogP contribution >= 0.6 is 0 Å². The van der Waals surface area contributed by atoms with Gasteiger partial charge in [0.15, 0.2) is 5.82 Å². The number of hydrogen-bond donors (Lipinski definition) is 1. The van der Waals surface area contributed by atoms with Crippen molar-refractivity contribution in [3.63, 3.8) is 0 Å². The first kappa shape index (κ1) is 19.4. The minimum atomic E-state index is -3.63. The number of nitrogens with zero attached hydrogens (tertiary/aromatic N) is 3. The third-order valence-electron chi connectivity index (χ3n) is 5.22. The Morgan fingerprint density at radius 2 is 1.69 bits per heavy atom. The standard InChI is InChI=1S/C22H24N4O2S/c1-17-12-14-26(15-13-17)22-11-10-21(23-24-22)18-6-5-7-19(16-18)25-29(27,28)20-8-3-2-4-9-20/h2-11,16-17,25H,12-15H2,1H3. The zero-order chi connectivity index (χ0) is 20.3. The van der Waals surface area contributed by atoms with Crippen LogP contribution in [0.25, 0.3) is 11.3 Å². The molecule has 1 saturated heterocycles. The van der Waals surface area contributed by atoms with Crippen molar-refractivity contribution in [2.45, 2.75) is 24.7 Å². The third-order valence-corrected chi connectivity index (χ3v) is 6.62. The molecule has 0 atom stereocenters. The molecule has 150 valence electrons. The molecule has 1 aliphatic rings. The minimum Gasteiger partial charge on any atom is -0.355 e. The van der Waals surface area contributed by atoms with Crippen LogP contribution in [-0.4, -0.2) is 31.7 Å². The fourth-order valence-corrected chi connectivity index (χ4v) is 4.51. The first-order valence-corrected chi connectivity index (χ1v) is 11.3. The van der Waals surface area contributed by atoms with Crippen molar-refractivity contribution in [3.05, 3.63) is 66.7 Å². The Hall–Kier alpha value is -2.93. The number of hydrogen-bond acceptors (Lipinski definition) is 5. The van der Waals surface area contributed by atoms with Gasteiger partial charge in [-0.3, -0.25) is 4.72 Å². The van der Waals surface area contributed by atoms with Crippen molar-refractivity contribution < 1.29 is 8.42 Å². The molecule has 0 amide bonds. The Morgan fingerprint density at radius 1 is 0.931 bits per heavy atom. The van der Waals surface area contributed by atoms with Crippen molar-refractivity contribution in [2.24, 2.45) is 5.92 Å². The topological polar surface area (TPSA) is 75.2 Å². The van der Waals surface area contributed by atoms with E-state index >= 15 is 0 Å². The van der Waals surface area contributed by atoms with Gasteiger partial charge in [-0.15, -0.1) is 10.2 Å². The van der Waals surface area contributed by atoms with E-state index in [2.05, 4.69) is 26.7 Å². The summed E-state index contributed by atoms with van der Waals surface area (Å²) in [5.41, 5.74) is 2.01. The van der Waals surface area contributed by atoms with Gasteiger partial charge in [-0.1, -0.05) is 37.3 Å². The highest BCUT2D eigenvalue weighted by atomic mass is 32.2. The molecule has 1 fully saturated rings. The molecular formula is C22H24N4O2S. The zero-order valence-corrected chi connectivity index (χ0v) is 17.1. The molecule has 0 unspecified atom stereocenters. The Balaban J connectivity index is 1.51. The first-order valence-electron chi connectivity index (χ1n) is 9.78. The average Bonchev–Trinajstić information content (AvgIpc) is 2.75. The third kappa shape index (κ3) is 4.56. The van der Waals surface area contributed by atoms with Crippen LogP contribution in [0.1, 0.15) is 19.8 Å². The molecule has 2 aromatic carbocycles. The molecule has 2 heterocycles. The van der Waals surface area contributed by atoms with E-state index in [1.807, 2.05) is 18.2 Å². The van der Waals surface area contributed by atoms with E-state index in [9.17, 15) is 8.42 Å². The van der Waals surface area contributed by atoms with Gasteiger partial charge in [-0.05, 0) is 55.2 Å². The number of aromatic nitrogens is 2. The van der Waals surface area contributed by atoms with E-state index in [0.29, 0.717) is 11.4 Å². The monoisotopic (exact) mass is 408 g/mol. The summed E-state index contributed by atoms with van der Waals surface area (Å²) in [6.45, 7) is 4.29. The molecule has 0 bridgehead atoms. The lowest BCUT2D eigenvalue weighted by molar-refractivity contribution is 0.436. The highest BCUT2D eigenvalue weighted by molar-refractivity contribution is 7.92. The second kappa shape index (κ2) is 8.21. The maximum absolute atomic E-state index is 12.5. The summed E-state index contributed by atoms with van der Waals surface area (Å²) in [6.07, 6.45) is 2.35. The van der Waals surface area contributed by atoms with E-state index in [4.69, 9.17) is 0 Å². The van der Waals surface area contributed by atoms with E-state index in [0.717, 1.165) is 30.4 Å². The lowest BCUT2D eigenvalue weighted by atomic mass is 9.99. The number of anilines is 2. The van der Waals surface area contributed by atoms with Crippen LogP contribution in [0, 0.1) is 5.92 Å². The second-order valence-corrected chi connectivity index (χ2v) is 9.13. The Labute approximate surface area is 171 Å². The Morgan fingerprint density at radius 3 is 2.38 bits per heavy atom. The SMILES string of the molecule is CC1CCN(c2ccc(-c3cccc(NS(=O)(=O)c4ccccc4)c3)nn2)CC1. The number of nitrogens with one attached hydrogen (secondary N) is 1. The van der Waals surface area contributed by atoms with Crippen molar-refractivity contribution in [1.29, 1.82) is 0 Å². The zero-order valence-electron chi connectivity index (χ0n) is 16.3. The summed E-state index contributed by atoms with van der Waals surface area (Å²) < 4.78 is 27.7. The molecule has 0 spiro atoms. The van der Waals surface area contributed by atoms with E-state index < -0.39 is 10.0 Å². The van der Waals surface area contributed by atoms with Gasteiger partial charge in [0.1, 0.15) is 0 Å². The predicted octanol–water partition coefficient (Wildman–Crippen LogP) is 4.18. The van der Waals surface area contributed by atoms with Gasteiger partial charge in [0, 0.05) is 24.3 Å². The van der Waals surface area contributed by atoms with Crippen LogP contribution < -0.4 is 9.62 Å². The van der Waals surface area contributed by atoms with Gasteiger partial charge in [0.2, 0.25) is 0 Å². The maximum atomic E-state index is 12.5. The summed E-state index contributed by atoms with van der Waals surface area (Å²) in [6, 6.07) is 19.4. The van der Waals surface area contributed by atoms with Crippen LogP contribution in [0.3, 0.4) is 0 Å². The number of piperidine rings is 1. The summed E-state index contributed by atoms with van der Waals surface area (Å²) in [5, 5.41) is 8.76. The molecular weight excluding hydrogens is 384 g/mol. The van der Waals surface area contributed by atoms with E-state index in [-0.39, 0.29) is 4.90 Å². The smallest absolute Gasteiger partial charge is 0.261 e. The largest absolute Gasteiger partial charge is 0.355 e. The molecule has 0 radical (unpaired) electrons. The quantitative estimate of drug-likeness (QED) is 0.685. The molecule has 0 aliphatic carbocycles. The van der Waals surface area contributed by atoms with Crippen molar-refractivity contribution in [2.75, 3.05) is 22.7 Å². The van der Waals surface area contributed by atoms with Gasteiger partial charge >= 0.3 is 0 Å². The lowest BCUT2D eigenvalue weighted by Gasteiger charge is -2.30. The molecule has 3 aromatic rings. The Kier molecular flexibility index (Phi) is 5.49. The summed E-state index contributed by atoms with van der Waals surface area (Å²) in [4.78, 5) is 2.49. The van der Waals surface area contributed by atoms with E-state index in [1.165, 1.54) is 12.8 Å². The van der Waals surface area contributed by atoms with Crippen molar-refractivity contribution in [1.82, 2.24) is 10.2 Å². The molecule has 7 heteroatoms. The van der Waals surface area contributed by atoms with Crippen LogP contribution in [0.15, 0.2) is 71.6 Å². The van der Waals surface area contributed by atoms with Gasteiger partial charge < -0.3 is 4.90 Å². The minimum absolute atomic E-state index is 0.227. The summed E-state index contributed by atoms with van der Waals surface area (Å²) in [7, 11) is -3.63. The van der Waals surface area contributed by atoms with Crippen LogP contribution in [0.5, 0.6) is 0 Å². The molecule has 0 saturated carbocycles. The van der Waals surface area contributed by atoms with Gasteiger partial charge in [0.05, 0.1) is 10.6 Å². The molecule has 1 aromatic heterocycles. The van der Waals surface area contributed by atoms with Crippen molar-refractivity contribution >= 4 is 21.5 Å². The van der Waals surface area contributed by atoms with Gasteiger partial charge in [0.25, 0.3) is 10.0 Å². The molecule has 6 nitrogen and oxygen atoms in total. The maximum Gasteiger partial charge on any atom is 0.261 e. The molecule has 29 heavy (non-hydrogen) atoms. The molecule has 1 N–H and O–H groups in total. The fraction of sp³-hybridized carbons (Fsp3) is 0.273. The summed E-state index contributed by atoms with van der Waals surface area (Å²) >= 11 is 0. The molecule has 1 aliphatic heterocycles. The Bertz CT molecular complexity index is 1060. The second-order valence-electron chi connectivity index (χ2n) is 7.45. The van der Waals surface area contributed by atoms with Crippen LogP contribution in [-0.2, 0) is 10.0 Å². The molecule has 4 rings (SSSR count). The van der Waals surface area contributed by atoms with Gasteiger partial charge in [-0.25, -0.2) is 8.42 Å². The average molecular weight is 409 g/mol. The van der Waals surface area contributed by atoms with Crippen molar-refractivity contribution in [3.8, 4) is 11.3 Å². The lowest BCUT2D eigenvalue weighted by Crippen LogP contribution is -2.33. The predicted molar refractivity (Wildman–Crippen MR) is 115 cm³/mol. The highest BCUT2D eigenvalue weighted by Crippen LogP contribution is 2.25. The number of benzene rings is 2. The highest BCUT2D eigenvalue weighted by Gasteiger charge is 2.18.